The molecule has 0 spiro atoms. The van der Waals surface area contributed by atoms with Crippen molar-refractivity contribution in [3.8, 4) is 11.5 Å². The lowest BCUT2D eigenvalue weighted by Crippen LogP contribution is -2.30. The Hall–Kier alpha value is -3.52. The van der Waals surface area contributed by atoms with Gasteiger partial charge < -0.3 is 14.4 Å². The van der Waals surface area contributed by atoms with Crippen LogP contribution in [0.15, 0.2) is 77.7 Å². The minimum atomic E-state index is -3.68. The zero-order chi connectivity index (χ0) is 23.5. The highest BCUT2D eigenvalue weighted by Gasteiger charge is 2.31. The molecule has 3 aromatic carbocycles. The van der Waals surface area contributed by atoms with Gasteiger partial charge >= 0.3 is 0 Å². The third-order valence-corrected chi connectivity index (χ3v) is 7.50. The molecule has 8 heteroatoms. The van der Waals surface area contributed by atoms with Gasteiger partial charge in [-0.1, -0.05) is 24.3 Å². The lowest BCUT2D eigenvalue weighted by molar-refractivity contribution is 0.0735. The Morgan fingerprint density at radius 1 is 0.882 bits per heavy atom. The molecule has 5 rings (SSSR count). The molecule has 0 saturated carbocycles. The third kappa shape index (κ3) is 4.59. The maximum Gasteiger partial charge on any atom is 0.261 e. The van der Waals surface area contributed by atoms with Crippen molar-refractivity contribution in [1.82, 2.24) is 4.90 Å². The summed E-state index contributed by atoms with van der Waals surface area (Å²) in [6, 6.07) is 20.6. The first-order valence-corrected chi connectivity index (χ1v) is 12.9. The van der Waals surface area contributed by atoms with Crippen LogP contribution < -0.4 is 14.2 Å². The van der Waals surface area contributed by atoms with Gasteiger partial charge in [0.2, 0.25) is 0 Å². The Bertz CT molecular complexity index is 1280. The topological polar surface area (TPSA) is 84.9 Å². The second-order valence-electron chi connectivity index (χ2n) is 8.41. The summed E-state index contributed by atoms with van der Waals surface area (Å²) in [6.07, 6.45) is 2.63. The van der Waals surface area contributed by atoms with Crippen molar-refractivity contribution in [2.45, 2.75) is 30.2 Å². The zero-order valence-corrected chi connectivity index (χ0v) is 19.5. The van der Waals surface area contributed by atoms with E-state index in [2.05, 4.69) is 4.72 Å². The minimum absolute atomic E-state index is 0.0408. The van der Waals surface area contributed by atoms with Crippen LogP contribution in [-0.4, -0.2) is 39.0 Å². The second-order valence-corrected chi connectivity index (χ2v) is 10.1. The SMILES string of the molecule is O=C(c1ccc(NS(=O)(=O)c2ccccc2)cc1)N1CCC[C@@H]1c1ccc2c(c1)OCCCO2. The van der Waals surface area contributed by atoms with Gasteiger partial charge in [0.1, 0.15) is 0 Å². The molecule has 0 aliphatic carbocycles. The Morgan fingerprint density at radius 3 is 2.38 bits per heavy atom. The van der Waals surface area contributed by atoms with Crippen molar-refractivity contribution in [2.75, 3.05) is 24.5 Å². The molecule has 3 aromatic rings. The van der Waals surface area contributed by atoms with E-state index in [-0.39, 0.29) is 16.8 Å². The van der Waals surface area contributed by atoms with Gasteiger partial charge in [0.25, 0.3) is 15.9 Å². The average molecular weight is 479 g/mol. The molecule has 1 atom stereocenters. The number of sulfonamides is 1. The summed E-state index contributed by atoms with van der Waals surface area (Å²) in [5.74, 6) is 1.39. The molecular weight excluding hydrogens is 452 g/mol. The molecule has 2 aliphatic rings. The van der Waals surface area contributed by atoms with Gasteiger partial charge in [-0.15, -0.1) is 0 Å². The quantitative estimate of drug-likeness (QED) is 0.578. The number of likely N-dealkylation sites (tertiary alicyclic amines) is 1. The van der Waals surface area contributed by atoms with Gasteiger partial charge in [0.05, 0.1) is 24.2 Å². The van der Waals surface area contributed by atoms with Crippen LogP contribution in [-0.2, 0) is 10.0 Å². The normalized spacial score (nSPS) is 17.8. The Kier molecular flexibility index (Phi) is 6.15. The first kappa shape index (κ1) is 22.3. The molecule has 0 radical (unpaired) electrons. The number of hydrogen-bond donors (Lipinski definition) is 1. The molecule has 0 bridgehead atoms. The van der Waals surface area contributed by atoms with Crippen molar-refractivity contribution in [3.05, 3.63) is 83.9 Å². The van der Waals surface area contributed by atoms with Crippen LogP contribution in [0, 0.1) is 0 Å². The fraction of sp³-hybridized carbons (Fsp3) is 0.269. The van der Waals surface area contributed by atoms with E-state index in [1.54, 1.807) is 42.5 Å². The first-order chi connectivity index (χ1) is 16.5. The van der Waals surface area contributed by atoms with Crippen LogP contribution in [0.1, 0.15) is 41.2 Å². The molecule has 34 heavy (non-hydrogen) atoms. The highest BCUT2D eigenvalue weighted by Crippen LogP contribution is 2.38. The molecule has 1 N–H and O–H groups in total. The number of carbonyl (C=O) groups excluding carboxylic acids is 1. The standard InChI is InChI=1S/C26H26N2O5S/c29-26(19-9-12-21(13-10-19)27-34(30,31)22-6-2-1-3-7-22)28-15-4-8-23(28)20-11-14-24-25(18-20)33-17-5-16-32-24/h1-3,6-7,9-14,18,23,27H,4-5,8,15-17H2/t23-/m1/s1. The number of amides is 1. The van der Waals surface area contributed by atoms with Gasteiger partial charge in [-0.25, -0.2) is 8.42 Å². The van der Waals surface area contributed by atoms with E-state index in [1.165, 1.54) is 12.1 Å². The maximum atomic E-state index is 13.3. The summed E-state index contributed by atoms with van der Waals surface area (Å²) in [7, 11) is -3.68. The highest BCUT2D eigenvalue weighted by molar-refractivity contribution is 7.92. The average Bonchev–Trinajstić information content (AvgIpc) is 3.23. The molecule has 1 amide bonds. The van der Waals surface area contributed by atoms with Gasteiger partial charge in [-0.2, -0.15) is 0 Å². The maximum absolute atomic E-state index is 13.3. The molecular formula is C26H26N2O5S. The van der Waals surface area contributed by atoms with Crippen LogP contribution in [0.3, 0.4) is 0 Å². The van der Waals surface area contributed by atoms with E-state index in [0.29, 0.717) is 31.0 Å². The van der Waals surface area contributed by atoms with Crippen molar-refractivity contribution >= 4 is 21.6 Å². The predicted molar refractivity (Wildman–Crippen MR) is 129 cm³/mol. The zero-order valence-electron chi connectivity index (χ0n) is 18.6. The van der Waals surface area contributed by atoms with Crippen LogP contribution in [0.4, 0.5) is 5.69 Å². The van der Waals surface area contributed by atoms with Crippen LogP contribution in [0.2, 0.25) is 0 Å². The number of nitrogens with zero attached hydrogens (tertiary/aromatic N) is 1. The first-order valence-electron chi connectivity index (χ1n) is 11.4. The van der Waals surface area contributed by atoms with Crippen molar-refractivity contribution in [3.63, 3.8) is 0 Å². The number of hydrogen-bond acceptors (Lipinski definition) is 5. The number of anilines is 1. The Labute approximate surface area is 199 Å². The molecule has 2 aliphatic heterocycles. The summed E-state index contributed by atoms with van der Waals surface area (Å²) < 4.78 is 39.2. The molecule has 1 saturated heterocycles. The fourth-order valence-corrected chi connectivity index (χ4v) is 5.48. The van der Waals surface area contributed by atoms with Gasteiger partial charge in [-0.3, -0.25) is 9.52 Å². The summed E-state index contributed by atoms with van der Waals surface area (Å²) in [5.41, 5.74) is 1.95. The minimum Gasteiger partial charge on any atom is -0.490 e. The lowest BCUT2D eigenvalue weighted by atomic mass is 10.0. The number of rotatable bonds is 5. The monoisotopic (exact) mass is 478 g/mol. The largest absolute Gasteiger partial charge is 0.490 e. The van der Waals surface area contributed by atoms with E-state index in [9.17, 15) is 13.2 Å². The number of ether oxygens (including phenoxy) is 2. The predicted octanol–water partition coefficient (Wildman–Crippen LogP) is 4.63. The van der Waals surface area contributed by atoms with Crippen LogP contribution >= 0.6 is 0 Å². The van der Waals surface area contributed by atoms with E-state index in [0.717, 1.165) is 36.3 Å². The van der Waals surface area contributed by atoms with E-state index < -0.39 is 10.0 Å². The molecule has 0 unspecified atom stereocenters. The van der Waals surface area contributed by atoms with Crippen molar-refractivity contribution in [1.29, 1.82) is 0 Å². The summed E-state index contributed by atoms with van der Waals surface area (Å²) >= 11 is 0. The molecule has 0 aromatic heterocycles. The summed E-state index contributed by atoms with van der Waals surface area (Å²) in [5, 5.41) is 0. The van der Waals surface area contributed by atoms with Crippen LogP contribution in [0.25, 0.3) is 0 Å². The van der Waals surface area contributed by atoms with Gasteiger partial charge in [0, 0.05) is 24.2 Å². The molecule has 176 valence electrons. The van der Waals surface area contributed by atoms with Gasteiger partial charge in [0.15, 0.2) is 11.5 Å². The molecule has 7 nitrogen and oxygen atoms in total. The number of carbonyl (C=O) groups is 1. The Morgan fingerprint density at radius 2 is 1.62 bits per heavy atom. The van der Waals surface area contributed by atoms with E-state index in [1.807, 2.05) is 23.1 Å². The summed E-state index contributed by atoms with van der Waals surface area (Å²) in [6.45, 7) is 1.92. The number of fused-ring (bicyclic) bond motifs is 1. The number of benzene rings is 3. The molecule has 2 heterocycles. The van der Waals surface area contributed by atoms with Crippen molar-refractivity contribution in [2.24, 2.45) is 0 Å². The Balaban J connectivity index is 1.32. The lowest BCUT2D eigenvalue weighted by Gasteiger charge is -2.26. The van der Waals surface area contributed by atoms with Crippen molar-refractivity contribution < 1.29 is 22.7 Å². The smallest absolute Gasteiger partial charge is 0.261 e. The number of nitrogens with one attached hydrogen (secondary N) is 1. The molecule has 1 fully saturated rings. The highest BCUT2D eigenvalue weighted by atomic mass is 32.2. The van der Waals surface area contributed by atoms with Gasteiger partial charge in [-0.05, 0) is 66.9 Å². The second kappa shape index (κ2) is 9.38. The fourth-order valence-electron chi connectivity index (χ4n) is 4.40. The third-order valence-electron chi connectivity index (χ3n) is 6.11. The van der Waals surface area contributed by atoms with E-state index in [4.69, 9.17) is 9.47 Å². The van der Waals surface area contributed by atoms with Crippen LogP contribution in [0.5, 0.6) is 11.5 Å². The van der Waals surface area contributed by atoms with E-state index >= 15 is 0 Å². The summed E-state index contributed by atoms with van der Waals surface area (Å²) in [4.78, 5) is 15.4.